The van der Waals surface area contributed by atoms with Crippen LogP contribution < -0.4 is 10.3 Å². The second-order valence-corrected chi connectivity index (χ2v) is 8.59. The molecular weight excluding hydrogens is 463 g/mol. The first-order chi connectivity index (χ1) is 14.5. The van der Waals surface area contributed by atoms with Crippen LogP contribution in [0.4, 0.5) is 0 Å². The molecule has 152 valence electrons. The lowest BCUT2D eigenvalue weighted by Crippen LogP contribution is -2.22. The summed E-state index contributed by atoms with van der Waals surface area (Å²) in [5, 5.41) is 2.54. The van der Waals surface area contributed by atoms with E-state index in [2.05, 4.69) is 0 Å². The molecule has 0 N–H and O–H groups in total. The number of hydrogen-bond donors (Lipinski definition) is 0. The summed E-state index contributed by atoms with van der Waals surface area (Å²) in [5.74, 6) is 1.10. The number of para-hydroxylation sites is 2. The van der Waals surface area contributed by atoms with E-state index in [9.17, 15) is 4.79 Å². The number of benzene rings is 3. The second kappa shape index (κ2) is 9.31. The van der Waals surface area contributed by atoms with Crippen molar-refractivity contribution in [3.05, 3.63) is 92.2 Å². The maximum absolute atomic E-state index is 13.2. The average Bonchev–Trinajstić information content (AvgIpc) is 2.73. The van der Waals surface area contributed by atoms with Crippen LogP contribution in [0.15, 0.2) is 76.7 Å². The monoisotopic (exact) mass is 476 g/mol. The van der Waals surface area contributed by atoms with Gasteiger partial charge in [0.15, 0.2) is 5.16 Å². The summed E-state index contributed by atoms with van der Waals surface area (Å²) >= 11 is 19.8. The molecule has 0 atom stereocenters. The molecule has 0 bridgehead atoms. The van der Waals surface area contributed by atoms with E-state index in [1.54, 1.807) is 41.0 Å². The third-order valence-corrected chi connectivity index (χ3v) is 6.06. The lowest BCUT2D eigenvalue weighted by atomic mass is 10.2. The lowest BCUT2D eigenvalue weighted by molar-refractivity contribution is 0.344. The third kappa shape index (κ3) is 4.44. The number of rotatable bonds is 6. The number of thioether (sulfide) groups is 1. The standard InChI is InChI=1S/C22H15Cl3N2O2S/c23-14-9-10-20(17(25)13-14)29-11-12-30-22-26-18-7-3-1-5-15(18)21(28)27(22)19-8-4-2-6-16(19)24/h1-10,13H,11-12H2. The first-order valence-electron chi connectivity index (χ1n) is 9.02. The Balaban J connectivity index is 1.63. The topological polar surface area (TPSA) is 44.1 Å². The second-order valence-electron chi connectivity index (χ2n) is 6.28. The van der Waals surface area contributed by atoms with Crippen molar-refractivity contribution < 1.29 is 4.74 Å². The summed E-state index contributed by atoms with van der Waals surface area (Å²) in [5.41, 5.74) is 1.06. The van der Waals surface area contributed by atoms with Crippen LogP contribution in [-0.4, -0.2) is 21.9 Å². The Morgan fingerprint density at radius 2 is 1.70 bits per heavy atom. The van der Waals surface area contributed by atoms with Crippen molar-refractivity contribution in [1.29, 1.82) is 0 Å². The van der Waals surface area contributed by atoms with Crippen molar-refractivity contribution in [3.8, 4) is 11.4 Å². The van der Waals surface area contributed by atoms with Crippen LogP contribution in [0.2, 0.25) is 15.1 Å². The van der Waals surface area contributed by atoms with Gasteiger partial charge in [-0.25, -0.2) is 4.98 Å². The smallest absolute Gasteiger partial charge is 0.266 e. The Bertz CT molecular complexity index is 1280. The van der Waals surface area contributed by atoms with Crippen LogP contribution in [0.1, 0.15) is 0 Å². The van der Waals surface area contributed by atoms with Gasteiger partial charge in [-0.2, -0.15) is 0 Å². The fourth-order valence-electron chi connectivity index (χ4n) is 2.93. The molecule has 4 aromatic rings. The predicted octanol–water partition coefficient (Wildman–Crippen LogP) is 6.52. The van der Waals surface area contributed by atoms with Crippen LogP contribution in [0.3, 0.4) is 0 Å². The van der Waals surface area contributed by atoms with Crippen molar-refractivity contribution in [2.45, 2.75) is 5.16 Å². The van der Waals surface area contributed by atoms with Gasteiger partial charge in [-0.05, 0) is 42.5 Å². The molecule has 1 heterocycles. The highest BCUT2D eigenvalue weighted by molar-refractivity contribution is 7.99. The van der Waals surface area contributed by atoms with Gasteiger partial charge in [-0.15, -0.1) is 0 Å². The zero-order chi connectivity index (χ0) is 21.1. The molecule has 8 heteroatoms. The molecule has 0 aliphatic heterocycles. The highest BCUT2D eigenvalue weighted by atomic mass is 35.5. The van der Waals surface area contributed by atoms with E-state index < -0.39 is 0 Å². The average molecular weight is 478 g/mol. The molecular formula is C22H15Cl3N2O2S. The lowest BCUT2D eigenvalue weighted by Gasteiger charge is -2.14. The molecule has 0 spiro atoms. The molecule has 4 nitrogen and oxygen atoms in total. The summed E-state index contributed by atoms with van der Waals surface area (Å²) in [6.07, 6.45) is 0. The van der Waals surface area contributed by atoms with Crippen molar-refractivity contribution in [2.24, 2.45) is 0 Å². The minimum atomic E-state index is -0.169. The van der Waals surface area contributed by atoms with E-state index in [4.69, 9.17) is 44.5 Å². The van der Waals surface area contributed by atoms with Crippen LogP contribution in [0.25, 0.3) is 16.6 Å². The van der Waals surface area contributed by atoms with Gasteiger partial charge in [0.2, 0.25) is 0 Å². The van der Waals surface area contributed by atoms with Crippen molar-refractivity contribution in [1.82, 2.24) is 9.55 Å². The maximum atomic E-state index is 13.2. The van der Waals surface area contributed by atoms with Gasteiger partial charge >= 0.3 is 0 Å². The van der Waals surface area contributed by atoms with E-state index in [-0.39, 0.29) is 5.56 Å². The number of aromatic nitrogens is 2. The van der Waals surface area contributed by atoms with Crippen LogP contribution >= 0.6 is 46.6 Å². The highest BCUT2D eigenvalue weighted by Crippen LogP contribution is 2.29. The van der Waals surface area contributed by atoms with Gasteiger partial charge in [0.05, 0.1) is 33.2 Å². The molecule has 1 aromatic heterocycles. The van der Waals surface area contributed by atoms with E-state index in [0.717, 1.165) is 0 Å². The summed E-state index contributed by atoms with van der Waals surface area (Å²) in [4.78, 5) is 17.9. The molecule has 0 unspecified atom stereocenters. The molecule has 0 aliphatic rings. The number of hydrogen-bond acceptors (Lipinski definition) is 4. The Kier molecular flexibility index (Phi) is 6.54. The molecule has 0 saturated carbocycles. The van der Waals surface area contributed by atoms with Crippen molar-refractivity contribution in [2.75, 3.05) is 12.4 Å². The SMILES string of the molecule is O=c1c2ccccc2nc(SCCOc2ccc(Cl)cc2Cl)n1-c1ccccc1Cl. The Morgan fingerprint density at radius 3 is 2.50 bits per heavy atom. The normalized spacial score (nSPS) is 11.0. The van der Waals surface area contributed by atoms with Gasteiger partial charge < -0.3 is 4.74 Å². The van der Waals surface area contributed by atoms with Gasteiger partial charge in [0.25, 0.3) is 5.56 Å². The van der Waals surface area contributed by atoms with Crippen LogP contribution in [0.5, 0.6) is 5.75 Å². The van der Waals surface area contributed by atoms with E-state index in [0.29, 0.717) is 54.9 Å². The number of nitrogens with zero attached hydrogens (tertiary/aromatic N) is 2. The molecule has 0 aliphatic carbocycles. The van der Waals surface area contributed by atoms with Crippen LogP contribution in [-0.2, 0) is 0 Å². The highest BCUT2D eigenvalue weighted by Gasteiger charge is 2.15. The summed E-state index contributed by atoms with van der Waals surface area (Å²) in [6.45, 7) is 0.372. The Labute approximate surface area is 192 Å². The predicted molar refractivity (Wildman–Crippen MR) is 125 cm³/mol. The van der Waals surface area contributed by atoms with Gasteiger partial charge in [-0.3, -0.25) is 9.36 Å². The quantitative estimate of drug-likeness (QED) is 0.180. The molecule has 0 amide bonds. The minimum Gasteiger partial charge on any atom is -0.491 e. The van der Waals surface area contributed by atoms with Crippen LogP contribution in [0, 0.1) is 0 Å². The van der Waals surface area contributed by atoms with Gasteiger partial charge in [0, 0.05) is 10.8 Å². The fraction of sp³-hybridized carbons (Fsp3) is 0.0909. The number of ether oxygens (including phenoxy) is 1. The fourth-order valence-corrected chi connectivity index (χ4v) is 4.44. The molecule has 30 heavy (non-hydrogen) atoms. The van der Waals surface area contributed by atoms with Gasteiger partial charge in [-0.1, -0.05) is 70.8 Å². The van der Waals surface area contributed by atoms with Crippen molar-refractivity contribution in [3.63, 3.8) is 0 Å². The Morgan fingerprint density at radius 1 is 0.933 bits per heavy atom. The number of fused-ring (bicyclic) bond motifs is 1. The van der Waals surface area contributed by atoms with E-state index >= 15 is 0 Å². The molecule has 3 aromatic carbocycles. The molecule has 4 rings (SSSR count). The van der Waals surface area contributed by atoms with Gasteiger partial charge in [0.1, 0.15) is 5.75 Å². The zero-order valence-electron chi connectivity index (χ0n) is 15.5. The number of halogens is 3. The first kappa shape index (κ1) is 21.1. The maximum Gasteiger partial charge on any atom is 0.266 e. The molecule has 0 fully saturated rings. The van der Waals surface area contributed by atoms with Crippen molar-refractivity contribution >= 4 is 57.5 Å². The molecule has 0 radical (unpaired) electrons. The molecule has 0 saturated heterocycles. The third-order valence-electron chi connectivity index (χ3n) is 4.30. The largest absolute Gasteiger partial charge is 0.491 e. The van der Waals surface area contributed by atoms with E-state index in [1.807, 2.05) is 30.3 Å². The summed E-state index contributed by atoms with van der Waals surface area (Å²) < 4.78 is 7.29. The van der Waals surface area contributed by atoms with E-state index in [1.165, 1.54) is 11.8 Å². The summed E-state index contributed by atoms with van der Waals surface area (Å²) in [7, 11) is 0. The minimum absolute atomic E-state index is 0.169. The zero-order valence-corrected chi connectivity index (χ0v) is 18.6. The summed E-state index contributed by atoms with van der Waals surface area (Å²) in [6, 6.07) is 19.5. The Hall–Kier alpha value is -2.18. The first-order valence-corrected chi connectivity index (χ1v) is 11.1.